The van der Waals surface area contributed by atoms with Crippen molar-refractivity contribution >= 4 is 10.0 Å². The molecular formula is C15H15F2N3O3S. The molecule has 9 heteroatoms. The van der Waals surface area contributed by atoms with Crippen molar-refractivity contribution in [2.24, 2.45) is 0 Å². The van der Waals surface area contributed by atoms with E-state index in [-0.39, 0.29) is 19.1 Å². The number of piperidine rings is 1. The summed E-state index contributed by atoms with van der Waals surface area (Å²) in [4.78, 5) is 6.92. The molecule has 0 aliphatic carbocycles. The zero-order valence-corrected chi connectivity index (χ0v) is 13.4. The molecule has 0 bridgehead atoms. The van der Waals surface area contributed by atoms with Crippen LogP contribution in [0.1, 0.15) is 12.8 Å². The molecule has 1 aliphatic heterocycles. The molecule has 1 aliphatic rings. The highest BCUT2D eigenvalue weighted by atomic mass is 32.2. The predicted molar refractivity (Wildman–Crippen MR) is 80.8 cm³/mol. The highest BCUT2D eigenvalue weighted by molar-refractivity contribution is 7.89. The van der Waals surface area contributed by atoms with Crippen LogP contribution in [0.25, 0.3) is 0 Å². The van der Waals surface area contributed by atoms with Gasteiger partial charge in [0.05, 0.1) is 6.54 Å². The van der Waals surface area contributed by atoms with Crippen molar-refractivity contribution in [3.8, 4) is 6.01 Å². The van der Waals surface area contributed by atoms with Crippen LogP contribution in [0.4, 0.5) is 8.78 Å². The van der Waals surface area contributed by atoms with E-state index in [0.717, 1.165) is 22.5 Å². The average molecular weight is 355 g/mol. The first-order valence-corrected chi connectivity index (χ1v) is 8.80. The van der Waals surface area contributed by atoms with Crippen molar-refractivity contribution in [3.63, 3.8) is 0 Å². The SMILES string of the molecule is O=S(=O)(c1c(F)cccc1F)N1CCCC(Oc2ncccn2)C1. The van der Waals surface area contributed by atoms with E-state index in [0.29, 0.717) is 12.8 Å². The summed E-state index contributed by atoms with van der Waals surface area (Å²) < 4.78 is 59.5. The molecule has 1 saturated heterocycles. The number of hydrogen-bond donors (Lipinski definition) is 0. The number of hydrogen-bond acceptors (Lipinski definition) is 5. The minimum absolute atomic E-state index is 0.0195. The van der Waals surface area contributed by atoms with Gasteiger partial charge in [0, 0.05) is 18.9 Å². The number of benzene rings is 1. The lowest BCUT2D eigenvalue weighted by molar-refractivity contribution is 0.119. The van der Waals surface area contributed by atoms with Gasteiger partial charge in [-0.3, -0.25) is 0 Å². The fourth-order valence-electron chi connectivity index (χ4n) is 2.57. The smallest absolute Gasteiger partial charge is 0.316 e. The summed E-state index contributed by atoms with van der Waals surface area (Å²) in [6.07, 6.45) is 3.64. The minimum Gasteiger partial charge on any atom is -0.459 e. The molecule has 6 nitrogen and oxygen atoms in total. The van der Waals surface area contributed by atoms with Gasteiger partial charge in [0.25, 0.3) is 0 Å². The maximum atomic E-state index is 13.8. The molecule has 1 aromatic carbocycles. The Balaban J connectivity index is 1.81. The fraction of sp³-hybridized carbons (Fsp3) is 0.333. The second kappa shape index (κ2) is 6.78. The topological polar surface area (TPSA) is 72.4 Å². The minimum atomic E-state index is -4.29. The van der Waals surface area contributed by atoms with Crippen molar-refractivity contribution < 1.29 is 21.9 Å². The Labute approximate surface area is 138 Å². The van der Waals surface area contributed by atoms with E-state index in [1.807, 2.05) is 0 Å². The van der Waals surface area contributed by atoms with E-state index in [1.165, 1.54) is 12.4 Å². The molecule has 1 atom stereocenters. The van der Waals surface area contributed by atoms with E-state index in [2.05, 4.69) is 9.97 Å². The first-order chi connectivity index (χ1) is 11.5. The standard InChI is InChI=1S/C15H15F2N3O3S/c16-12-5-1-6-13(17)14(12)24(21,22)20-9-2-4-11(10-20)23-15-18-7-3-8-19-15/h1,3,5-8,11H,2,4,9-10H2. The van der Waals surface area contributed by atoms with Crippen LogP contribution >= 0.6 is 0 Å². The number of nitrogens with zero attached hydrogens (tertiary/aromatic N) is 3. The Morgan fingerprint density at radius 1 is 1.12 bits per heavy atom. The third-order valence-corrected chi connectivity index (χ3v) is 5.59. The third kappa shape index (κ3) is 3.36. The molecular weight excluding hydrogens is 340 g/mol. The Morgan fingerprint density at radius 2 is 1.79 bits per heavy atom. The quantitative estimate of drug-likeness (QED) is 0.839. The zero-order chi connectivity index (χ0) is 17.2. The van der Waals surface area contributed by atoms with Gasteiger partial charge in [-0.05, 0) is 31.0 Å². The van der Waals surface area contributed by atoms with Crippen molar-refractivity contribution in [1.29, 1.82) is 0 Å². The highest BCUT2D eigenvalue weighted by Crippen LogP contribution is 2.26. The van der Waals surface area contributed by atoms with Gasteiger partial charge < -0.3 is 4.74 Å². The molecule has 0 saturated carbocycles. The molecule has 1 aromatic heterocycles. The number of sulfonamides is 1. The molecule has 128 valence electrons. The Hall–Kier alpha value is -2.13. The second-order valence-electron chi connectivity index (χ2n) is 5.33. The van der Waals surface area contributed by atoms with E-state index < -0.39 is 32.7 Å². The van der Waals surface area contributed by atoms with E-state index >= 15 is 0 Å². The molecule has 2 heterocycles. The van der Waals surface area contributed by atoms with Crippen LogP contribution in [-0.4, -0.2) is 41.9 Å². The van der Waals surface area contributed by atoms with E-state index in [4.69, 9.17) is 4.74 Å². The summed E-state index contributed by atoms with van der Waals surface area (Å²) in [5, 5.41) is 0. The summed E-state index contributed by atoms with van der Waals surface area (Å²) in [7, 11) is -4.29. The summed E-state index contributed by atoms with van der Waals surface area (Å²) in [6.45, 7) is 0.153. The van der Waals surface area contributed by atoms with E-state index in [9.17, 15) is 17.2 Å². The maximum Gasteiger partial charge on any atom is 0.316 e. The van der Waals surface area contributed by atoms with Gasteiger partial charge in [0.1, 0.15) is 17.7 Å². The molecule has 1 unspecified atom stereocenters. The molecule has 2 aromatic rings. The van der Waals surface area contributed by atoms with Crippen LogP contribution < -0.4 is 4.74 Å². The lowest BCUT2D eigenvalue weighted by Gasteiger charge is -2.31. The average Bonchev–Trinajstić information content (AvgIpc) is 2.56. The zero-order valence-electron chi connectivity index (χ0n) is 12.6. The predicted octanol–water partition coefficient (Wildman–Crippen LogP) is 1.99. The number of aromatic nitrogens is 2. The Bertz CT molecular complexity index is 798. The van der Waals surface area contributed by atoms with Gasteiger partial charge in [-0.1, -0.05) is 6.07 Å². The molecule has 1 fully saturated rings. The summed E-state index contributed by atoms with van der Waals surface area (Å²) in [6, 6.07) is 4.74. The highest BCUT2D eigenvalue weighted by Gasteiger charge is 2.35. The first kappa shape index (κ1) is 16.7. The van der Waals surface area contributed by atoms with Gasteiger partial charge >= 0.3 is 6.01 Å². The Kier molecular flexibility index (Phi) is 4.72. The van der Waals surface area contributed by atoms with Crippen LogP contribution in [0, 0.1) is 11.6 Å². The lowest BCUT2D eigenvalue weighted by atomic mass is 10.1. The summed E-state index contributed by atoms with van der Waals surface area (Å²) in [5.41, 5.74) is 0. The van der Waals surface area contributed by atoms with Gasteiger partial charge in [-0.25, -0.2) is 27.2 Å². The normalized spacial score (nSPS) is 19.2. The number of halogens is 2. The second-order valence-corrected chi connectivity index (χ2v) is 7.20. The third-order valence-electron chi connectivity index (χ3n) is 3.67. The van der Waals surface area contributed by atoms with Crippen LogP contribution in [-0.2, 0) is 10.0 Å². The monoisotopic (exact) mass is 355 g/mol. The summed E-state index contributed by atoms with van der Waals surface area (Å²) in [5.74, 6) is -2.21. The van der Waals surface area contributed by atoms with Gasteiger partial charge in [-0.15, -0.1) is 0 Å². The summed E-state index contributed by atoms with van der Waals surface area (Å²) >= 11 is 0. The molecule has 3 rings (SSSR count). The van der Waals surface area contributed by atoms with Crippen molar-refractivity contribution in [2.45, 2.75) is 23.8 Å². The van der Waals surface area contributed by atoms with Gasteiger partial charge in [0.2, 0.25) is 10.0 Å². The first-order valence-electron chi connectivity index (χ1n) is 7.36. The number of ether oxygens (including phenoxy) is 1. The fourth-order valence-corrected chi connectivity index (χ4v) is 4.19. The largest absolute Gasteiger partial charge is 0.459 e. The van der Waals surface area contributed by atoms with Crippen molar-refractivity contribution in [3.05, 3.63) is 48.3 Å². The maximum absolute atomic E-state index is 13.8. The Morgan fingerprint density at radius 3 is 2.46 bits per heavy atom. The molecule has 24 heavy (non-hydrogen) atoms. The molecule has 0 spiro atoms. The van der Waals surface area contributed by atoms with Gasteiger partial charge in [0.15, 0.2) is 4.90 Å². The van der Waals surface area contributed by atoms with Crippen molar-refractivity contribution in [1.82, 2.24) is 14.3 Å². The molecule has 0 N–H and O–H groups in total. The van der Waals surface area contributed by atoms with Crippen LogP contribution in [0.5, 0.6) is 6.01 Å². The van der Waals surface area contributed by atoms with Crippen LogP contribution in [0.2, 0.25) is 0 Å². The molecule has 0 radical (unpaired) electrons. The van der Waals surface area contributed by atoms with E-state index in [1.54, 1.807) is 6.07 Å². The van der Waals surface area contributed by atoms with Crippen LogP contribution in [0.15, 0.2) is 41.6 Å². The molecule has 0 amide bonds. The van der Waals surface area contributed by atoms with Gasteiger partial charge in [-0.2, -0.15) is 4.31 Å². The number of rotatable bonds is 4. The lowest BCUT2D eigenvalue weighted by Crippen LogP contribution is -2.44. The van der Waals surface area contributed by atoms with Crippen LogP contribution in [0.3, 0.4) is 0 Å². The van der Waals surface area contributed by atoms with Crippen molar-refractivity contribution in [2.75, 3.05) is 13.1 Å².